The molecule has 1 N–H and O–H groups in total. The monoisotopic (exact) mass is 597 g/mol. The summed E-state index contributed by atoms with van der Waals surface area (Å²) in [6.45, 7) is 2.72. The highest BCUT2D eigenvalue weighted by atomic mass is 35.5. The predicted molar refractivity (Wildman–Crippen MR) is 146 cm³/mol. The first-order valence-corrected chi connectivity index (χ1v) is 13.4. The number of aromatic nitrogens is 5. The van der Waals surface area contributed by atoms with Gasteiger partial charge in [-0.15, -0.1) is 10.2 Å². The molecule has 0 amide bonds. The second-order valence-electron chi connectivity index (χ2n) is 9.95. The Morgan fingerprint density at radius 1 is 1.02 bits per heavy atom. The van der Waals surface area contributed by atoms with Crippen LogP contribution in [0, 0.1) is 23.4 Å². The molecular formula is C29H23ClF3N5O4. The predicted octanol–water partition coefficient (Wildman–Crippen LogP) is 5.74. The van der Waals surface area contributed by atoms with Crippen molar-refractivity contribution in [2.45, 2.75) is 26.0 Å². The molecule has 42 heavy (non-hydrogen) atoms. The summed E-state index contributed by atoms with van der Waals surface area (Å²) in [5.41, 5.74) is -0.0726. The lowest BCUT2D eigenvalue weighted by Crippen LogP contribution is -2.19. The molecule has 216 valence electrons. The van der Waals surface area contributed by atoms with Crippen LogP contribution in [0.5, 0.6) is 5.88 Å². The Balaban J connectivity index is 1.27. The molecule has 3 aromatic heterocycles. The molecule has 0 saturated carbocycles. The lowest BCUT2D eigenvalue weighted by Gasteiger charge is -2.19. The van der Waals surface area contributed by atoms with Crippen molar-refractivity contribution in [3.63, 3.8) is 0 Å². The van der Waals surface area contributed by atoms with Crippen molar-refractivity contribution in [3.8, 4) is 28.7 Å². The molecule has 13 heteroatoms. The average Bonchev–Trinajstić information content (AvgIpc) is 3.69. The molecule has 1 aliphatic rings. The van der Waals surface area contributed by atoms with Gasteiger partial charge in [0.1, 0.15) is 29.9 Å². The van der Waals surface area contributed by atoms with Gasteiger partial charge in [0.25, 0.3) is 5.56 Å². The van der Waals surface area contributed by atoms with Crippen LogP contribution < -0.4 is 10.3 Å². The van der Waals surface area contributed by atoms with Crippen molar-refractivity contribution < 1.29 is 27.2 Å². The molecule has 4 heterocycles. The quantitative estimate of drug-likeness (QED) is 0.243. The van der Waals surface area contributed by atoms with Gasteiger partial charge in [-0.25, -0.2) is 18.2 Å². The summed E-state index contributed by atoms with van der Waals surface area (Å²) in [6.07, 6.45) is -0.0862. The highest BCUT2D eigenvalue weighted by Crippen LogP contribution is 2.33. The smallest absolute Gasteiger partial charge is 0.280 e. The van der Waals surface area contributed by atoms with E-state index in [4.69, 9.17) is 25.6 Å². The average molecular weight is 598 g/mol. The first-order chi connectivity index (χ1) is 20.3. The Morgan fingerprint density at radius 2 is 1.86 bits per heavy atom. The highest BCUT2D eigenvalue weighted by molar-refractivity contribution is 6.30. The van der Waals surface area contributed by atoms with Crippen LogP contribution >= 0.6 is 11.6 Å². The van der Waals surface area contributed by atoms with Gasteiger partial charge in [0, 0.05) is 34.6 Å². The van der Waals surface area contributed by atoms with Crippen LogP contribution in [-0.4, -0.2) is 38.1 Å². The SMILES string of the molecule is C[C@H]1COC[C@@H]1n1c(Cc2cc(F)c(-c3cccc(OCc4ccc(Cl)cc4F)n3)cc2F)nnc1-c1cc(=O)[nH]o1. The van der Waals surface area contributed by atoms with E-state index in [9.17, 15) is 9.18 Å². The fourth-order valence-corrected chi connectivity index (χ4v) is 5.02. The van der Waals surface area contributed by atoms with Crippen molar-refractivity contribution >= 4 is 11.6 Å². The number of ether oxygens (including phenoxy) is 2. The zero-order chi connectivity index (χ0) is 29.4. The van der Waals surface area contributed by atoms with E-state index in [1.807, 2.05) is 6.92 Å². The van der Waals surface area contributed by atoms with Gasteiger partial charge in [0.15, 0.2) is 0 Å². The summed E-state index contributed by atoms with van der Waals surface area (Å²) in [5, 5.41) is 10.9. The van der Waals surface area contributed by atoms with Crippen LogP contribution in [0.25, 0.3) is 22.8 Å². The maximum absolute atomic E-state index is 15.4. The fraction of sp³-hybridized carbons (Fsp3) is 0.241. The van der Waals surface area contributed by atoms with Crippen molar-refractivity contribution in [2.75, 3.05) is 13.2 Å². The second kappa shape index (κ2) is 11.5. The number of halogens is 4. The molecule has 1 fully saturated rings. The Bertz CT molecular complexity index is 1820. The number of H-pyrrole nitrogens is 1. The Labute approximate surface area is 241 Å². The van der Waals surface area contributed by atoms with Gasteiger partial charge in [-0.05, 0) is 35.9 Å². The number of aromatic amines is 1. The van der Waals surface area contributed by atoms with Gasteiger partial charge in [-0.2, -0.15) is 5.16 Å². The molecule has 1 saturated heterocycles. The molecule has 0 bridgehead atoms. The molecule has 5 aromatic rings. The molecule has 9 nitrogen and oxygen atoms in total. The normalized spacial score (nSPS) is 16.7. The first kappa shape index (κ1) is 27.7. The van der Waals surface area contributed by atoms with E-state index in [-0.39, 0.29) is 69.9 Å². The first-order valence-electron chi connectivity index (χ1n) is 13.0. The topological polar surface area (TPSA) is 108 Å². The van der Waals surface area contributed by atoms with Gasteiger partial charge in [0.2, 0.25) is 17.5 Å². The largest absolute Gasteiger partial charge is 0.473 e. The third-order valence-corrected chi connectivity index (χ3v) is 7.28. The fourth-order valence-electron chi connectivity index (χ4n) is 4.86. The third kappa shape index (κ3) is 5.55. The van der Waals surface area contributed by atoms with Crippen LogP contribution in [-0.2, 0) is 17.8 Å². The second-order valence-corrected chi connectivity index (χ2v) is 10.4. The van der Waals surface area contributed by atoms with Crippen molar-refractivity contribution in [3.05, 3.63) is 104 Å². The summed E-state index contributed by atoms with van der Waals surface area (Å²) in [5.74, 6) is -0.929. The van der Waals surface area contributed by atoms with Crippen molar-refractivity contribution in [2.24, 2.45) is 5.92 Å². The van der Waals surface area contributed by atoms with Crippen LogP contribution in [0.2, 0.25) is 5.02 Å². The Hall–Kier alpha value is -4.42. The van der Waals surface area contributed by atoms with Crippen LogP contribution in [0.4, 0.5) is 13.2 Å². The molecule has 2 aromatic carbocycles. The highest BCUT2D eigenvalue weighted by Gasteiger charge is 2.32. The van der Waals surface area contributed by atoms with Crippen molar-refractivity contribution in [1.82, 2.24) is 24.9 Å². The summed E-state index contributed by atoms with van der Waals surface area (Å²) in [4.78, 5) is 16.0. The summed E-state index contributed by atoms with van der Waals surface area (Å²) < 4.78 is 63.1. The number of nitrogens with zero attached hydrogens (tertiary/aromatic N) is 4. The number of nitrogens with one attached hydrogen (secondary N) is 1. The van der Waals surface area contributed by atoms with Crippen LogP contribution in [0.1, 0.15) is 29.9 Å². The minimum absolute atomic E-state index is 0.0455. The number of pyridine rings is 1. The van der Waals surface area contributed by atoms with Crippen molar-refractivity contribution in [1.29, 1.82) is 0 Å². The van der Waals surface area contributed by atoms with E-state index in [2.05, 4.69) is 20.3 Å². The van der Waals surface area contributed by atoms with Gasteiger partial charge in [0.05, 0.1) is 31.0 Å². The summed E-state index contributed by atoms with van der Waals surface area (Å²) >= 11 is 5.79. The number of hydrogen-bond acceptors (Lipinski definition) is 7. The minimum Gasteiger partial charge on any atom is -0.473 e. The number of rotatable bonds is 8. The van der Waals surface area contributed by atoms with Gasteiger partial charge in [-0.3, -0.25) is 4.79 Å². The van der Waals surface area contributed by atoms with Gasteiger partial charge >= 0.3 is 0 Å². The number of hydrogen-bond donors (Lipinski definition) is 1. The van der Waals surface area contributed by atoms with E-state index in [0.717, 1.165) is 12.1 Å². The van der Waals surface area contributed by atoms with E-state index >= 15 is 8.78 Å². The molecule has 0 unspecified atom stereocenters. The maximum Gasteiger partial charge on any atom is 0.280 e. The van der Waals surface area contributed by atoms with E-state index in [0.29, 0.717) is 19.0 Å². The minimum atomic E-state index is -0.708. The molecule has 6 rings (SSSR count). The Morgan fingerprint density at radius 3 is 2.60 bits per heavy atom. The van der Waals surface area contributed by atoms with Gasteiger partial charge < -0.3 is 18.6 Å². The molecule has 0 spiro atoms. The molecular weight excluding hydrogens is 575 g/mol. The summed E-state index contributed by atoms with van der Waals surface area (Å²) in [7, 11) is 0. The third-order valence-electron chi connectivity index (χ3n) is 7.04. The zero-order valence-electron chi connectivity index (χ0n) is 22.1. The lowest BCUT2D eigenvalue weighted by atomic mass is 10.0. The van der Waals surface area contributed by atoms with E-state index in [1.54, 1.807) is 10.6 Å². The van der Waals surface area contributed by atoms with E-state index < -0.39 is 23.0 Å². The lowest BCUT2D eigenvalue weighted by molar-refractivity contribution is 0.182. The zero-order valence-corrected chi connectivity index (χ0v) is 22.9. The van der Waals surface area contributed by atoms with E-state index in [1.165, 1.54) is 36.4 Å². The number of benzene rings is 2. The maximum atomic E-state index is 15.4. The Kier molecular flexibility index (Phi) is 7.56. The van der Waals surface area contributed by atoms with Crippen LogP contribution in [0.15, 0.2) is 63.9 Å². The molecule has 0 radical (unpaired) electrons. The van der Waals surface area contributed by atoms with Gasteiger partial charge in [-0.1, -0.05) is 30.7 Å². The molecule has 0 aliphatic carbocycles. The molecule has 1 aliphatic heterocycles. The summed E-state index contributed by atoms with van der Waals surface area (Å²) in [6, 6.07) is 12.0. The standard InChI is InChI=1S/C29H23ClF3N5O4/c1-15-12-40-14-24(15)38-26(35-36-29(38)25-11-27(39)37-42-25)8-17-7-22(33)19(10-21(17)32)23-3-2-4-28(34-23)41-13-16-5-6-18(30)9-20(16)31/h2-7,9-11,15,24H,8,12-14H2,1H3,(H,37,39)/t15-,24-/m0/s1. The van der Waals surface area contributed by atoms with Crippen LogP contribution in [0.3, 0.4) is 0 Å². The molecule has 2 atom stereocenters.